The molecule has 1 N–H and O–H groups in total. The molecule has 1 aromatic rings. The molecule has 5 heteroatoms. The van der Waals surface area contributed by atoms with Gasteiger partial charge in [0.1, 0.15) is 5.75 Å². The lowest BCUT2D eigenvalue weighted by atomic mass is 10.1. The minimum atomic E-state index is -0.335. The highest BCUT2D eigenvalue weighted by Gasteiger charge is 2.17. The Balaban J connectivity index is 2.10. The Kier molecular flexibility index (Phi) is 4.99. The Hall–Kier alpha value is -1.33. The van der Waals surface area contributed by atoms with Crippen LogP contribution in [0.25, 0.3) is 0 Å². The number of nitrogens with one attached hydrogen (secondary N) is 1. The summed E-state index contributed by atoms with van der Waals surface area (Å²) in [4.78, 5) is 2.36. The molecule has 106 valence electrons. The summed E-state index contributed by atoms with van der Waals surface area (Å²) in [7, 11) is 3.09. The summed E-state index contributed by atoms with van der Waals surface area (Å²) >= 11 is 0. The van der Waals surface area contributed by atoms with E-state index < -0.39 is 0 Å². The summed E-state index contributed by atoms with van der Waals surface area (Å²) in [6, 6.07) is 3.04. The van der Waals surface area contributed by atoms with Gasteiger partial charge in [-0.15, -0.1) is 0 Å². The van der Waals surface area contributed by atoms with Crippen molar-refractivity contribution in [1.82, 2.24) is 10.2 Å². The van der Waals surface area contributed by atoms with Gasteiger partial charge in [0.05, 0.1) is 14.2 Å². The van der Waals surface area contributed by atoms with Crippen molar-refractivity contribution in [2.24, 2.45) is 0 Å². The SMILES string of the molecule is COc1ccc(F)c(OC)c1CCN1CCNCC1. The average molecular weight is 268 g/mol. The van der Waals surface area contributed by atoms with Gasteiger partial charge >= 0.3 is 0 Å². The number of hydrogen-bond acceptors (Lipinski definition) is 4. The van der Waals surface area contributed by atoms with Crippen molar-refractivity contribution in [3.05, 3.63) is 23.5 Å². The zero-order chi connectivity index (χ0) is 13.7. The zero-order valence-electron chi connectivity index (χ0n) is 11.5. The summed E-state index contributed by atoms with van der Waals surface area (Å²) in [6.45, 7) is 4.96. The summed E-state index contributed by atoms with van der Waals surface area (Å²) in [5.41, 5.74) is 0.809. The van der Waals surface area contributed by atoms with E-state index in [4.69, 9.17) is 9.47 Å². The number of piperazine rings is 1. The molecule has 19 heavy (non-hydrogen) atoms. The largest absolute Gasteiger partial charge is 0.496 e. The Morgan fingerprint density at radius 1 is 1.21 bits per heavy atom. The van der Waals surface area contributed by atoms with Gasteiger partial charge in [-0.2, -0.15) is 0 Å². The van der Waals surface area contributed by atoms with Crippen LogP contribution in [0, 0.1) is 5.82 Å². The molecule has 1 saturated heterocycles. The number of hydrogen-bond donors (Lipinski definition) is 1. The second-order valence-electron chi connectivity index (χ2n) is 4.60. The number of nitrogens with zero attached hydrogens (tertiary/aromatic N) is 1. The molecule has 0 bridgehead atoms. The van der Waals surface area contributed by atoms with Crippen LogP contribution in [0.15, 0.2) is 12.1 Å². The molecule has 0 unspecified atom stereocenters. The molecule has 0 saturated carbocycles. The zero-order valence-corrected chi connectivity index (χ0v) is 11.5. The Bertz CT molecular complexity index is 420. The van der Waals surface area contributed by atoms with Gasteiger partial charge in [0.15, 0.2) is 11.6 Å². The number of halogens is 1. The van der Waals surface area contributed by atoms with Crippen LogP contribution >= 0.6 is 0 Å². The molecule has 1 aliphatic heterocycles. The molecule has 0 radical (unpaired) electrons. The predicted octanol–water partition coefficient (Wildman–Crippen LogP) is 1.29. The summed E-state index contributed by atoms with van der Waals surface area (Å²) < 4.78 is 24.2. The van der Waals surface area contributed by atoms with E-state index in [1.54, 1.807) is 13.2 Å². The number of rotatable bonds is 5. The van der Waals surface area contributed by atoms with Crippen molar-refractivity contribution < 1.29 is 13.9 Å². The third-order valence-corrected chi connectivity index (χ3v) is 3.48. The van der Waals surface area contributed by atoms with Crippen LogP contribution in [0.4, 0.5) is 4.39 Å². The van der Waals surface area contributed by atoms with E-state index in [0.717, 1.165) is 44.7 Å². The molecule has 0 aromatic heterocycles. The molecule has 0 spiro atoms. The molecule has 1 heterocycles. The molecule has 0 aliphatic carbocycles. The maximum atomic E-state index is 13.7. The molecule has 1 aromatic carbocycles. The normalized spacial score (nSPS) is 16.4. The maximum absolute atomic E-state index is 13.7. The summed E-state index contributed by atoms with van der Waals surface area (Å²) in [6.07, 6.45) is 0.726. The van der Waals surface area contributed by atoms with Crippen LogP contribution in [0.1, 0.15) is 5.56 Å². The third kappa shape index (κ3) is 3.36. The van der Waals surface area contributed by atoms with Crippen LogP contribution in [0.3, 0.4) is 0 Å². The van der Waals surface area contributed by atoms with E-state index in [-0.39, 0.29) is 5.82 Å². The average Bonchev–Trinajstić information content (AvgIpc) is 2.46. The van der Waals surface area contributed by atoms with Crippen molar-refractivity contribution in [3.8, 4) is 11.5 Å². The van der Waals surface area contributed by atoms with Gasteiger partial charge in [-0.1, -0.05) is 0 Å². The van der Waals surface area contributed by atoms with Crippen molar-refractivity contribution in [2.45, 2.75) is 6.42 Å². The lowest BCUT2D eigenvalue weighted by molar-refractivity contribution is 0.241. The van der Waals surface area contributed by atoms with Gasteiger partial charge in [-0.3, -0.25) is 0 Å². The lowest BCUT2D eigenvalue weighted by Crippen LogP contribution is -2.44. The lowest BCUT2D eigenvalue weighted by Gasteiger charge is -2.27. The van der Waals surface area contributed by atoms with Crippen molar-refractivity contribution in [1.29, 1.82) is 0 Å². The highest BCUT2D eigenvalue weighted by atomic mass is 19.1. The van der Waals surface area contributed by atoms with E-state index in [1.807, 2.05) is 0 Å². The van der Waals surface area contributed by atoms with Crippen LogP contribution < -0.4 is 14.8 Å². The summed E-state index contributed by atoms with van der Waals surface area (Å²) in [5.74, 6) is 0.654. The first-order chi connectivity index (χ1) is 9.26. The first kappa shape index (κ1) is 14.1. The van der Waals surface area contributed by atoms with Gasteiger partial charge in [-0.25, -0.2) is 4.39 Å². The minimum absolute atomic E-state index is 0.300. The van der Waals surface area contributed by atoms with Crippen molar-refractivity contribution >= 4 is 0 Å². The van der Waals surface area contributed by atoms with Crippen LogP contribution in [-0.4, -0.2) is 51.8 Å². The van der Waals surface area contributed by atoms with Gasteiger partial charge < -0.3 is 19.7 Å². The number of methoxy groups -OCH3 is 2. The standard InChI is InChI=1S/C14H21FN2O2/c1-18-13-4-3-12(15)14(19-2)11(13)5-8-17-9-6-16-7-10-17/h3-4,16H,5-10H2,1-2H3. The maximum Gasteiger partial charge on any atom is 0.165 e. The minimum Gasteiger partial charge on any atom is -0.496 e. The highest BCUT2D eigenvalue weighted by Crippen LogP contribution is 2.31. The topological polar surface area (TPSA) is 33.7 Å². The quantitative estimate of drug-likeness (QED) is 0.872. The summed E-state index contributed by atoms with van der Waals surface area (Å²) in [5, 5.41) is 3.32. The molecule has 0 atom stereocenters. The van der Waals surface area contributed by atoms with Gasteiger partial charge in [-0.05, 0) is 18.6 Å². The van der Waals surface area contributed by atoms with Gasteiger partial charge in [0.2, 0.25) is 0 Å². The Labute approximate surface area is 113 Å². The molecule has 4 nitrogen and oxygen atoms in total. The van der Waals surface area contributed by atoms with Crippen molar-refractivity contribution in [3.63, 3.8) is 0 Å². The Morgan fingerprint density at radius 2 is 1.95 bits per heavy atom. The predicted molar refractivity (Wildman–Crippen MR) is 72.5 cm³/mol. The monoisotopic (exact) mass is 268 g/mol. The molecule has 2 rings (SSSR count). The second-order valence-corrected chi connectivity index (χ2v) is 4.60. The fourth-order valence-electron chi connectivity index (χ4n) is 2.43. The number of ether oxygens (including phenoxy) is 2. The van der Waals surface area contributed by atoms with Gasteiger partial charge in [0, 0.05) is 38.3 Å². The van der Waals surface area contributed by atoms with E-state index in [2.05, 4.69) is 10.2 Å². The first-order valence-electron chi connectivity index (χ1n) is 6.58. The fourth-order valence-corrected chi connectivity index (χ4v) is 2.43. The van der Waals surface area contributed by atoms with Crippen LogP contribution in [-0.2, 0) is 6.42 Å². The fraction of sp³-hybridized carbons (Fsp3) is 0.571. The smallest absolute Gasteiger partial charge is 0.165 e. The van der Waals surface area contributed by atoms with Crippen LogP contribution in [0.2, 0.25) is 0 Å². The van der Waals surface area contributed by atoms with Crippen LogP contribution in [0.5, 0.6) is 11.5 Å². The Morgan fingerprint density at radius 3 is 2.58 bits per heavy atom. The number of benzene rings is 1. The van der Waals surface area contributed by atoms with Gasteiger partial charge in [0.25, 0.3) is 0 Å². The molecule has 1 fully saturated rings. The third-order valence-electron chi connectivity index (χ3n) is 3.48. The van der Waals surface area contributed by atoms with E-state index in [1.165, 1.54) is 13.2 Å². The molecule has 1 aliphatic rings. The first-order valence-corrected chi connectivity index (χ1v) is 6.58. The molecular weight excluding hydrogens is 247 g/mol. The molecule has 0 amide bonds. The molecular formula is C14H21FN2O2. The van der Waals surface area contributed by atoms with E-state index in [0.29, 0.717) is 11.5 Å². The van der Waals surface area contributed by atoms with Crippen molar-refractivity contribution in [2.75, 3.05) is 46.9 Å². The van der Waals surface area contributed by atoms with E-state index in [9.17, 15) is 4.39 Å². The van der Waals surface area contributed by atoms with E-state index >= 15 is 0 Å². The highest BCUT2D eigenvalue weighted by molar-refractivity contribution is 5.46. The second kappa shape index (κ2) is 6.73.